The molecule has 1 fully saturated rings. The van der Waals surface area contributed by atoms with Crippen LogP contribution in [-0.2, 0) is 0 Å². The number of aryl methyl sites for hydroxylation is 1. The predicted molar refractivity (Wildman–Crippen MR) is 72.6 cm³/mol. The number of benzene rings is 1. The van der Waals surface area contributed by atoms with Gasteiger partial charge in [0.2, 0.25) is 0 Å². The molecule has 0 atom stereocenters. The molecule has 0 aliphatic heterocycles. The van der Waals surface area contributed by atoms with E-state index in [1.807, 2.05) is 32.2 Å². The van der Waals surface area contributed by atoms with Crippen LogP contribution in [0.3, 0.4) is 0 Å². The second kappa shape index (κ2) is 4.53. The number of hydrogen-bond acceptors (Lipinski definition) is 4. The van der Waals surface area contributed by atoms with Crippen molar-refractivity contribution < 1.29 is 9.32 Å². The molecule has 1 aromatic carbocycles. The third-order valence-corrected chi connectivity index (χ3v) is 3.48. The molecule has 4 nitrogen and oxygen atoms in total. The highest BCUT2D eigenvalue weighted by Gasteiger charge is 2.33. The summed E-state index contributed by atoms with van der Waals surface area (Å²) in [6, 6.07) is 5.77. The van der Waals surface area contributed by atoms with E-state index in [9.17, 15) is 4.79 Å². The maximum atomic E-state index is 12.6. The van der Waals surface area contributed by atoms with Crippen LogP contribution in [0.15, 0.2) is 28.9 Å². The third-order valence-electron chi connectivity index (χ3n) is 3.48. The third kappa shape index (κ3) is 2.14. The molecule has 19 heavy (non-hydrogen) atoms. The number of carbonyl (C=O) groups is 1. The summed E-state index contributed by atoms with van der Waals surface area (Å²) < 4.78 is 5.24. The number of hydrogen-bond donors (Lipinski definition) is 1. The molecule has 1 heterocycles. The molecule has 0 unspecified atom stereocenters. The number of aromatic nitrogens is 1. The topological polar surface area (TPSA) is 55.1 Å². The Morgan fingerprint density at radius 1 is 1.37 bits per heavy atom. The lowest BCUT2D eigenvalue weighted by atomic mass is 9.99. The van der Waals surface area contributed by atoms with Crippen LogP contribution < -0.4 is 5.32 Å². The lowest BCUT2D eigenvalue weighted by Crippen LogP contribution is -2.06. The Kier molecular flexibility index (Phi) is 2.85. The molecule has 0 saturated heterocycles. The predicted octanol–water partition coefficient (Wildman–Crippen LogP) is 3.13. The summed E-state index contributed by atoms with van der Waals surface area (Å²) >= 11 is 0. The van der Waals surface area contributed by atoms with E-state index in [4.69, 9.17) is 4.52 Å². The van der Waals surface area contributed by atoms with Crippen LogP contribution in [0.5, 0.6) is 0 Å². The Morgan fingerprint density at radius 3 is 2.84 bits per heavy atom. The molecule has 0 spiro atoms. The highest BCUT2D eigenvalue weighted by atomic mass is 16.5. The second-order valence-electron chi connectivity index (χ2n) is 5.01. The van der Waals surface area contributed by atoms with Gasteiger partial charge in [-0.1, -0.05) is 11.2 Å². The average molecular weight is 256 g/mol. The minimum absolute atomic E-state index is 0.0208. The molecular weight excluding hydrogens is 240 g/mol. The van der Waals surface area contributed by atoms with Gasteiger partial charge >= 0.3 is 0 Å². The van der Waals surface area contributed by atoms with Crippen LogP contribution in [0.4, 0.5) is 5.69 Å². The van der Waals surface area contributed by atoms with Crippen LogP contribution in [0.2, 0.25) is 0 Å². The number of nitrogens with zero attached hydrogens (tertiary/aromatic N) is 1. The van der Waals surface area contributed by atoms with E-state index in [2.05, 4.69) is 10.5 Å². The standard InChI is InChI=1S/C15H16N2O2/c1-9-3-6-11(13(7-9)16-2)14(18)12-8-17-19-15(12)10-4-5-10/h3,6-8,10,16H,4-5H2,1-2H3. The maximum Gasteiger partial charge on any atom is 0.200 e. The Labute approximate surface area is 111 Å². The van der Waals surface area contributed by atoms with E-state index in [0.717, 1.165) is 29.9 Å². The molecule has 3 rings (SSSR count). The van der Waals surface area contributed by atoms with Crippen LogP contribution in [0.25, 0.3) is 0 Å². The van der Waals surface area contributed by atoms with Crippen molar-refractivity contribution in [1.82, 2.24) is 5.16 Å². The second-order valence-corrected chi connectivity index (χ2v) is 5.01. The fraction of sp³-hybridized carbons (Fsp3) is 0.333. The summed E-state index contributed by atoms with van der Waals surface area (Å²) in [7, 11) is 1.82. The van der Waals surface area contributed by atoms with Crippen molar-refractivity contribution in [2.75, 3.05) is 12.4 Å². The maximum absolute atomic E-state index is 12.6. The van der Waals surface area contributed by atoms with Crippen molar-refractivity contribution in [1.29, 1.82) is 0 Å². The van der Waals surface area contributed by atoms with Gasteiger partial charge < -0.3 is 9.84 Å². The first kappa shape index (κ1) is 12.0. The van der Waals surface area contributed by atoms with E-state index in [1.165, 1.54) is 6.20 Å². The average Bonchev–Trinajstić information content (AvgIpc) is 3.15. The van der Waals surface area contributed by atoms with E-state index < -0.39 is 0 Å². The van der Waals surface area contributed by atoms with Crippen LogP contribution >= 0.6 is 0 Å². The summed E-state index contributed by atoms with van der Waals surface area (Å²) in [5.41, 5.74) is 3.22. The van der Waals surface area contributed by atoms with E-state index >= 15 is 0 Å². The van der Waals surface area contributed by atoms with Gasteiger partial charge in [0.05, 0.1) is 11.8 Å². The molecule has 1 aliphatic carbocycles. The van der Waals surface area contributed by atoms with Crippen molar-refractivity contribution in [3.8, 4) is 0 Å². The van der Waals surface area contributed by atoms with Crippen LogP contribution in [-0.4, -0.2) is 18.0 Å². The quantitative estimate of drug-likeness (QED) is 0.854. The molecule has 1 saturated carbocycles. The fourth-order valence-corrected chi connectivity index (χ4v) is 2.27. The summed E-state index contributed by atoms with van der Waals surface area (Å²) in [6.45, 7) is 2.00. The van der Waals surface area contributed by atoms with Crippen molar-refractivity contribution in [3.05, 3.63) is 46.8 Å². The lowest BCUT2D eigenvalue weighted by Gasteiger charge is -2.08. The van der Waals surface area contributed by atoms with Crippen molar-refractivity contribution >= 4 is 11.5 Å². The zero-order chi connectivity index (χ0) is 13.4. The van der Waals surface area contributed by atoms with Crippen molar-refractivity contribution in [3.63, 3.8) is 0 Å². The molecule has 4 heteroatoms. The van der Waals surface area contributed by atoms with Gasteiger partial charge in [-0.15, -0.1) is 0 Å². The first-order valence-electron chi connectivity index (χ1n) is 6.48. The van der Waals surface area contributed by atoms with Crippen LogP contribution in [0.1, 0.15) is 46.0 Å². The van der Waals surface area contributed by atoms with Gasteiger partial charge in [-0.3, -0.25) is 4.79 Å². The normalized spacial score (nSPS) is 14.4. The molecule has 1 aromatic heterocycles. The molecular formula is C15H16N2O2. The van der Waals surface area contributed by atoms with Crippen LogP contribution in [0, 0.1) is 6.92 Å². The smallest absolute Gasteiger partial charge is 0.200 e. The first-order chi connectivity index (χ1) is 9.20. The van der Waals surface area contributed by atoms with Gasteiger partial charge in [-0.2, -0.15) is 0 Å². The SMILES string of the molecule is CNc1cc(C)ccc1C(=O)c1cnoc1C1CC1. The molecule has 0 amide bonds. The van der Waals surface area contributed by atoms with Gasteiger partial charge in [-0.25, -0.2) is 0 Å². The number of ketones is 1. The zero-order valence-corrected chi connectivity index (χ0v) is 11.1. The molecule has 2 aromatic rings. The van der Waals surface area contributed by atoms with Gasteiger partial charge in [0, 0.05) is 24.2 Å². The van der Waals surface area contributed by atoms with Gasteiger partial charge in [-0.05, 0) is 37.5 Å². The number of nitrogens with one attached hydrogen (secondary N) is 1. The molecule has 1 N–H and O–H groups in total. The minimum atomic E-state index is -0.0208. The van der Waals surface area contributed by atoms with Gasteiger partial charge in [0.1, 0.15) is 0 Å². The molecule has 0 bridgehead atoms. The summed E-state index contributed by atoms with van der Waals surface area (Å²) in [4.78, 5) is 12.6. The van der Waals surface area contributed by atoms with Crippen molar-refractivity contribution in [2.45, 2.75) is 25.7 Å². The Morgan fingerprint density at radius 2 is 2.16 bits per heavy atom. The van der Waals surface area contributed by atoms with E-state index in [0.29, 0.717) is 17.0 Å². The summed E-state index contributed by atoms with van der Waals surface area (Å²) in [5, 5.41) is 6.86. The highest BCUT2D eigenvalue weighted by molar-refractivity contribution is 6.12. The Hall–Kier alpha value is -2.10. The number of rotatable bonds is 4. The Bertz CT molecular complexity index is 627. The Balaban J connectivity index is 2.01. The van der Waals surface area contributed by atoms with Crippen molar-refractivity contribution in [2.24, 2.45) is 0 Å². The van der Waals surface area contributed by atoms with Gasteiger partial charge in [0.15, 0.2) is 11.5 Å². The first-order valence-corrected chi connectivity index (χ1v) is 6.48. The number of carbonyl (C=O) groups excluding carboxylic acids is 1. The summed E-state index contributed by atoms with van der Waals surface area (Å²) in [5.74, 6) is 1.10. The number of anilines is 1. The van der Waals surface area contributed by atoms with Gasteiger partial charge in [0.25, 0.3) is 0 Å². The lowest BCUT2D eigenvalue weighted by molar-refractivity contribution is 0.103. The molecule has 1 aliphatic rings. The fourth-order valence-electron chi connectivity index (χ4n) is 2.27. The highest BCUT2D eigenvalue weighted by Crippen LogP contribution is 2.42. The monoisotopic (exact) mass is 256 g/mol. The zero-order valence-electron chi connectivity index (χ0n) is 11.1. The van der Waals surface area contributed by atoms with E-state index in [1.54, 1.807) is 0 Å². The largest absolute Gasteiger partial charge is 0.388 e. The minimum Gasteiger partial charge on any atom is -0.388 e. The van der Waals surface area contributed by atoms with E-state index in [-0.39, 0.29) is 5.78 Å². The molecule has 0 radical (unpaired) electrons. The summed E-state index contributed by atoms with van der Waals surface area (Å²) in [6.07, 6.45) is 3.71. The molecule has 98 valence electrons.